The summed E-state index contributed by atoms with van der Waals surface area (Å²) in [5.74, 6) is -0.780. The molecule has 2 aromatic carbocycles. The molecule has 0 radical (unpaired) electrons. The largest absolute Gasteiger partial charge is 0.495 e. The Morgan fingerprint density at radius 2 is 1.69 bits per heavy atom. The summed E-state index contributed by atoms with van der Waals surface area (Å²) in [6.45, 7) is 5.82. The molecule has 0 saturated heterocycles. The molecule has 2 aromatic heterocycles. The van der Waals surface area contributed by atoms with E-state index in [1.165, 1.54) is 0 Å². The van der Waals surface area contributed by atoms with E-state index in [9.17, 15) is 9.59 Å². The van der Waals surface area contributed by atoms with Gasteiger partial charge < -0.3 is 14.5 Å². The second kappa shape index (κ2) is 8.52. The van der Waals surface area contributed by atoms with E-state index in [0.29, 0.717) is 22.0 Å². The third-order valence-electron chi connectivity index (χ3n) is 5.48. The fraction of sp³-hybridized carbons (Fsp3) is 0.154. The number of fused-ring (bicyclic) bond motifs is 1. The molecule has 1 N–H and O–H groups in total. The average Bonchev–Trinajstić information content (AvgIpc) is 3.15. The smallest absolute Gasteiger partial charge is 0.298 e. The molecular weight excluding hydrogens is 424 g/mol. The third-order valence-corrected chi connectivity index (χ3v) is 5.77. The Bertz CT molecular complexity index is 1350. The van der Waals surface area contributed by atoms with Gasteiger partial charge in [0, 0.05) is 23.0 Å². The molecule has 162 valence electrons. The molecule has 0 spiro atoms. The summed E-state index contributed by atoms with van der Waals surface area (Å²) in [4.78, 5) is 26.5. The lowest BCUT2D eigenvalue weighted by Gasteiger charge is -2.13. The van der Waals surface area contributed by atoms with Crippen LogP contribution in [0.4, 0.5) is 5.69 Å². The second-order valence-corrected chi connectivity index (χ2v) is 8.22. The van der Waals surface area contributed by atoms with Gasteiger partial charge in [0.15, 0.2) is 0 Å². The Labute approximate surface area is 191 Å². The molecule has 0 fully saturated rings. The molecule has 6 heteroatoms. The quantitative estimate of drug-likeness (QED) is 0.301. The van der Waals surface area contributed by atoms with Crippen LogP contribution in [0, 0.1) is 20.8 Å². The summed E-state index contributed by atoms with van der Waals surface area (Å²) in [7, 11) is 1.54. The van der Waals surface area contributed by atoms with Gasteiger partial charge in [-0.3, -0.25) is 9.59 Å². The number of ether oxygens (including phenoxy) is 1. The summed E-state index contributed by atoms with van der Waals surface area (Å²) >= 11 is 6.33. The molecule has 1 amide bonds. The van der Waals surface area contributed by atoms with Gasteiger partial charge in [-0.15, -0.1) is 0 Å². The van der Waals surface area contributed by atoms with Gasteiger partial charge in [-0.05, 0) is 67.8 Å². The fourth-order valence-corrected chi connectivity index (χ4v) is 4.32. The van der Waals surface area contributed by atoms with Gasteiger partial charge in [0.25, 0.3) is 11.7 Å². The fourth-order valence-electron chi connectivity index (χ4n) is 4.06. The van der Waals surface area contributed by atoms with Gasteiger partial charge in [-0.25, -0.2) is 0 Å². The molecule has 0 atom stereocenters. The summed E-state index contributed by atoms with van der Waals surface area (Å²) in [5.41, 5.74) is 5.99. The number of benzene rings is 2. The number of aryl methyl sites for hydroxylation is 3. The predicted octanol–water partition coefficient (Wildman–Crippen LogP) is 6.01. The maximum absolute atomic E-state index is 13.4. The highest BCUT2D eigenvalue weighted by atomic mass is 35.5. The number of amides is 1. The molecule has 0 unspecified atom stereocenters. The minimum Gasteiger partial charge on any atom is -0.495 e. The number of anilines is 1. The number of carbonyl (C=O) groups excluding carboxylic acids is 2. The van der Waals surface area contributed by atoms with Crippen LogP contribution in [0.3, 0.4) is 0 Å². The summed E-state index contributed by atoms with van der Waals surface area (Å²) in [5, 5.41) is 3.24. The molecule has 0 aliphatic heterocycles. The maximum atomic E-state index is 13.4. The van der Waals surface area contributed by atoms with E-state index in [2.05, 4.69) is 5.32 Å². The number of ketones is 1. The molecule has 0 aliphatic rings. The summed E-state index contributed by atoms with van der Waals surface area (Å²) in [6, 6.07) is 16.7. The zero-order valence-electron chi connectivity index (χ0n) is 18.3. The lowest BCUT2D eigenvalue weighted by atomic mass is 10.0. The molecule has 0 bridgehead atoms. The van der Waals surface area contributed by atoms with E-state index in [0.717, 1.165) is 27.8 Å². The minimum absolute atomic E-state index is 0.279. The van der Waals surface area contributed by atoms with E-state index < -0.39 is 11.7 Å². The second-order valence-electron chi connectivity index (χ2n) is 7.81. The van der Waals surface area contributed by atoms with Crippen LogP contribution in [0.25, 0.3) is 16.6 Å². The van der Waals surface area contributed by atoms with E-state index in [4.69, 9.17) is 16.3 Å². The average molecular weight is 447 g/mol. The van der Waals surface area contributed by atoms with Crippen molar-refractivity contribution in [3.8, 4) is 16.9 Å². The molecule has 0 saturated carbocycles. The van der Waals surface area contributed by atoms with Crippen molar-refractivity contribution >= 4 is 34.5 Å². The number of methoxy groups -OCH3 is 1. The minimum atomic E-state index is -0.690. The normalized spacial score (nSPS) is 10.9. The van der Waals surface area contributed by atoms with E-state index in [1.807, 2.05) is 63.2 Å². The van der Waals surface area contributed by atoms with Crippen LogP contribution in [0.2, 0.25) is 5.02 Å². The molecule has 4 aromatic rings. The van der Waals surface area contributed by atoms with Crippen molar-refractivity contribution in [1.29, 1.82) is 0 Å². The molecule has 5 nitrogen and oxygen atoms in total. The molecule has 2 heterocycles. The molecule has 32 heavy (non-hydrogen) atoms. The Kier molecular flexibility index (Phi) is 5.76. The zero-order chi connectivity index (χ0) is 23.0. The summed E-state index contributed by atoms with van der Waals surface area (Å²) in [6.07, 6.45) is 1.77. The highest BCUT2D eigenvalue weighted by molar-refractivity contribution is 6.47. The molecular formula is C26H23ClN2O3. The SMILES string of the molecule is COc1ccc(-c2cc3ccccn3c2C(=O)C(=O)Nc2c(C)cc(C)cc2C)cc1Cl. The first kappa shape index (κ1) is 21.7. The van der Waals surface area contributed by atoms with Crippen LogP contribution < -0.4 is 10.1 Å². The van der Waals surface area contributed by atoms with Crippen molar-refractivity contribution in [1.82, 2.24) is 4.40 Å². The van der Waals surface area contributed by atoms with Crippen LogP contribution >= 0.6 is 11.6 Å². The third kappa shape index (κ3) is 3.87. The van der Waals surface area contributed by atoms with Gasteiger partial charge in [-0.2, -0.15) is 0 Å². The maximum Gasteiger partial charge on any atom is 0.298 e. The number of Topliss-reactive ketones (excluding diaryl/α,β-unsaturated/α-hetero) is 1. The zero-order valence-corrected chi connectivity index (χ0v) is 19.1. The van der Waals surface area contributed by atoms with E-state index >= 15 is 0 Å². The number of nitrogens with zero attached hydrogens (tertiary/aromatic N) is 1. The standard InChI is InChI=1S/C26H23ClN2O3/c1-15-11-16(2)23(17(3)12-15)28-26(31)25(30)24-20(14-19-7-5-6-10-29(19)24)18-8-9-22(32-4)21(27)13-18/h5-14H,1-4H3,(H,28,31). The molecule has 4 rings (SSSR count). The Hall–Kier alpha value is -3.57. The highest BCUT2D eigenvalue weighted by Gasteiger charge is 2.26. The van der Waals surface area contributed by atoms with Crippen molar-refractivity contribution in [3.63, 3.8) is 0 Å². The predicted molar refractivity (Wildman–Crippen MR) is 128 cm³/mol. The van der Waals surface area contributed by atoms with E-state index in [1.54, 1.807) is 29.8 Å². The van der Waals surface area contributed by atoms with Crippen LogP contribution in [0.5, 0.6) is 5.75 Å². The first-order valence-electron chi connectivity index (χ1n) is 10.2. The number of pyridine rings is 1. The number of halogens is 1. The van der Waals surface area contributed by atoms with Gasteiger partial charge >= 0.3 is 0 Å². The van der Waals surface area contributed by atoms with Crippen molar-refractivity contribution in [2.24, 2.45) is 0 Å². The van der Waals surface area contributed by atoms with Crippen molar-refractivity contribution in [2.75, 3.05) is 12.4 Å². The van der Waals surface area contributed by atoms with Gasteiger partial charge in [0.1, 0.15) is 11.4 Å². The number of nitrogens with one attached hydrogen (secondary N) is 1. The van der Waals surface area contributed by atoms with Crippen molar-refractivity contribution < 1.29 is 14.3 Å². The first-order valence-corrected chi connectivity index (χ1v) is 10.6. The topological polar surface area (TPSA) is 59.8 Å². The monoisotopic (exact) mass is 446 g/mol. The Morgan fingerprint density at radius 3 is 2.34 bits per heavy atom. The Morgan fingerprint density at radius 1 is 0.969 bits per heavy atom. The van der Waals surface area contributed by atoms with Crippen LogP contribution in [0.1, 0.15) is 27.2 Å². The number of aromatic nitrogens is 1. The molecule has 0 aliphatic carbocycles. The lowest BCUT2D eigenvalue weighted by molar-refractivity contribution is -0.112. The van der Waals surface area contributed by atoms with Gasteiger partial charge in [0.05, 0.1) is 12.1 Å². The van der Waals surface area contributed by atoms with Crippen molar-refractivity contribution in [3.05, 3.63) is 88.2 Å². The number of hydrogen-bond acceptors (Lipinski definition) is 3. The van der Waals surface area contributed by atoms with Gasteiger partial charge in [-0.1, -0.05) is 41.4 Å². The van der Waals surface area contributed by atoms with Crippen LogP contribution in [0.15, 0.2) is 60.8 Å². The summed E-state index contributed by atoms with van der Waals surface area (Å²) < 4.78 is 6.97. The van der Waals surface area contributed by atoms with Crippen LogP contribution in [-0.4, -0.2) is 23.2 Å². The van der Waals surface area contributed by atoms with Gasteiger partial charge in [0.2, 0.25) is 0 Å². The number of rotatable bonds is 5. The van der Waals surface area contributed by atoms with Crippen molar-refractivity contribution in [2.45, 2.75) is 20.8 Å². The lowest BCUT2D eigenvalue weighted by Crippen LogP contribution is -2.25. The van der Waals surface area contributed by atoms with E-state index in [-0.39, 0.29) is 5.69 Å². The number of hydrogen-bond donors (Lipinski definition) is 1. The highest BCUT2D eigenvalue weighted by Crippen LogP contribution is 2.34. The number of carbonyl (C=O) groups is 2. The first-order chi connectivity index (χ1) is 15.3. The Balaban J connectivity index is 1.80. The van der Waals surface area contributed by atoms with Crippen LogP contribution in [-0.2, 0) is 4.79 Å².